The van der Waals surface area contributed by atoms with E-state index in [1.165, 1.54) is 6.92 Å². The van der Waals surface area contributed by atoms with Gasteiger partial charge in [0.05, 0.1) is 0 Å². The molecule has 110 valence electrons. The Morgan fingerprint density at radius 1 is 1.14 bits per heavy atom. The van der Waals surface area contributed by atoms with Gasteiger partial charge < -0.3 is 15.1 Å². The fourth-order valence-electron chi connectivity index (χ4n) is 2.01. The van der Waals surface area contributed by atoms with Crippen molar-refractivity contribution >= 4 is 40.0 Å². The molecule has 0 bridgehead atoms. The molecule has 1 heterocycles. The van der Waals surface area contributed by atoms with Gasteiger partial charge in [-0.3, -0.25) is 4.79 Å². The van der Waals surface area contributed by atoms with Crippen molar-refractivity contribution in [1.82, 2.24) is 10.3 Å². The molecule has 6 heteroatoms. The van der Waals surface area contributed by atoms with Crippen molar-refractivity contribution in [2.24, 2.45) is 0 Å². The van der Waals surface area contributed by atoms with Gasteiger partial charge in [0.25, 0.3) is 0 Å². The fourth-order valence-corrected chi connectivity index (χ4v) is 2.28. The number of para-hydroxylation sites is 2. The van der Waals surface area contributed by atoms with Gasteiger partial charge in [-0.05, 0) is 48.6 Å². The average molecular weight is 311 g/mol. The van der Waals surface area contributed by atoms with Crippen LogP contribution in [0.2, 0.25) is 0 Å². The van der Waals surface area contributed by atoms with E-state index < -0.39 is 0 Å². The van der Waals surface area contributed by atoms with Crippen LogP contribution in [-0.2, 0) is 4.79 Å². The first-order valence-corrected chi connectivity index (χ1v) is 7.07. The highest BCUT2D eigenvalue weighted by molar-refractivity contribution is 7.80. The van der Waals surface area contributed by atoms with Gasteiger partial charge in [-0.2, -0.15) is 0 Å². The van der Waals surface area contributed by atoms with Crippen molar-refractivity contribution in [3.05, 3.63) is 48.5 Å². The van der Waals surface area contributed by atoms with Crippen molar-refractivity contribution in [3.63, 3.8) is 0 Å². The molecule has 0 saturated carbocycles. The predicted molar refractivity (Wildman–Crippen MR) is 89.5 cm³/mol. The monoisotopic (exact) mass is 311 g/mol. The van der Waals surface area contributed by atoms with Crippen LogP contribution in [0.4, 0.5) is 5.69 Å². The lowest BCUT2D eigenvalue weighted by molar-refractivity contribution is -0.117. The Labute approximate surface area is 132 Å². The van der Waals surface area contributed by atoms with Crippen LogP contribution >= 0.6 is 12.2 Å². The SMILES string of the molecule is CC(=O)NC(=S)Nc1ccc(-c2nc3ccccc3o2)cc1. The fraction of sp³-hybridized carbons (Fsp3) is 0.0625. The molecule has 0 aliphatic heterocycles. The van der Waals surface area contributed by atoms with E-state index in [1.807, 2.05) is 48.5 Å². The molecule has 0 fully saturated rings. The topological polar surface area (TPSA) is 67.2 Å². The normalized spacial score (nSPS) is 10.4. The van der Waals surface area contributed by atoms with E-state index in [4.69, 9.17) is 16.6 Å². The molecule has 0 saturated heterocycles. The standard InChI is InChI=1S/C16H13N3O2S/c1-10(20)17-16(22)18-12-8-6-11(7-9-12)15-19-13-4-2-3-5-14(13)21-15/h2-9H,1H3,(H2,17,18,20,22). The maximum Gasteiger partial charge on any atom is 0.227 e. The third-order valence-electron chi connectivity index (χ3n) is 2.97. The third-order valence-corrected chi connectivity index (χ3v) is 3.18. The molecule has 22 heavy (non-hydrogen) atoms. The van der Waals surface area contributed by atoms with Crippen molar-refractivity contribution in [2.45, 2.75) is 6.92 Å². The molecule has 3 aromatic rings. The molecular formula is C16H13N3O2S. The molecule has 1 aromatic heterocycles. The highest BCUT2D eigenvalue weighted by Gasteiger charge is 2.07. The summed E-state index contributed by atoms with van der Waals surface area (Å²) in [5.41, 5.74) is 3.23. The number of fused-ring (bicyclic) bond motifs is 1. The number of aromatic nitrogens is 1. The number of hydrogen-bond acceptors (Lipinski definition) is 4. The molecule has 0 spiro atoms. The number of carbonyl (C=O) groups is 1. The first kappa shape index (κ1) is 14.2. The zero-order valence-electron chi connectivity index (χ0n) is 11.8. The third kappa shape index (κ3) is 3.12. The average Bonchev–Trinajstić information content (AvgIpc) is 2.91. The van der Waals surface area contributed by atoms with Crippen molar-refractivity contribution in [3.8, 4) is 11.5 Å². The quantitative estimate of drug-likeness (QED) is 0.711. The number of rotatable bonds is 2. The molecule has 0 radical (unpaired) electrons. The van der Waals surface area contributed by atoms with Gasteiger partial charge in [0, 0.05) is 18.2 Å². The summed E-state index contributed by atoms with van der Waals surface area (Å²) in [6.07, 6.45) is 0. The summed E-state index contributed by atoms with van der Waals surface area (Å²) in [5, 5.41) is 5.70. The maximum absolute atomic E-state index is 10.9. The van der Waals surface area contributed by atoms with Gasteiger partial charge in [-0.1, -0.05) is 12.1 Å². The number of amides is 1. The van der Waals surface area contributed by atoms with Gasteiger partial charge >= 0.3 is 0 Å². The lowest BCUT2D eigenvalue weighted by Gasteiger charge is -2.07. The molecule has 0 aliphatic carbocycles. The maximum atomic E-state index is 10.9. The zero-order valence-corrected chi connectivity index (χ0v) is 12.6. The van der Waals surface area contributed by atoms with Crippen LogP contribution in [0, 0.1) is 0 Å². The molecule has 2 aromatic carbocycles. The zero-order chi connectivity index (χ0) is 15.5. The Hall–Kier alpha value is -2.73. The molecule has 2 N–H and O–H groups in total. The number of oxazole rings is 1. The Balaban J connectivity index is 1.79. The number of nitrogens with zero attached hydrogens (tertiary/aromatic N) is 1. The summed E-state index contributed by atoms with van der Waals surface area (Å²) in [5.74, 6) is 0.359. The molecule has 0 aliphatic rings. The van der Waals surface area contributed by atoms with E-state index in [-0.39, 0.29) is 11.0 Å². The summed E-state index contributed by atoms with van der Waals surface area (Å²) < 4.78 is 5.71. The lowest BCUT2D eigenvalue weighted by atomic mass is 10.2. The molecule has 5 nitrogen and oxygen atoms in total. The van der Waals surface area contributed by atoms with Gasteiger partial charge in [-0.25, -0.2) is 4.98 Å². The van der Waals surface area contributed by atoms with Crippen molar-refractivity contribution in [1.29, 1.82) is 0 Å². The number of carbonyl (C=O) groups excluding carboxylic acids is 1. The Kier molecular flexibility index (Phi) is 3.84. The van der Waals surface area contributed by atoms with Crippen LogP contribution in [0.1, 0.15) is 6.92 Å². The van der Waals surface area contributed by atoms with Crippen LogP contribution in [-0.4, -0.2) is 16.0 Å². The molecule has 0 unspecified atom stereocenters. The lowest BCUT2D eigenvalue weighted by Crippen LogP contribution is -2.32. The van der Waals surface area contributed by atoms with E-state index in [0.29, 0.717) is 5.89 Å². The molecule has 1 amide bonds. The van der Waals surface area contributed by atoms with E-state index in [0.717, 1.165) is 22.4 Å². The summed E-state index contributed by atoms with van der Waals surface area (Å²) in [6.45, 7) is 1.41. The van der Waals surface area contributed by atoms with Gasteiger partial charge in [0.1, 0.15) is 5.52 Å². The smallest absolute Gasteiger partial charge is 0.227 e. The minimum absolute atomic E-state index is 0.208. The summed E-state index contributed by atoms with van der Waals surface area (Å²) in [7, 11) is 0. The largest absolute Gasteiger partial charge is 0.436 e. The van der Waals surface area contributed by atoms with Gasteiger partial charge in [0.2, 0.25) is 11.8 Å². The van der Waals surface area contributed by atoms with E-state index in [1.54, 1.807) is 0 Å². The van der Waals surface area contributed by atoms with Gasteiger partial charge in [-0.15, -0.1) is 0 Å². The van der Waals surface area contributed by atoms with Crippen LogP contribution in [0.15, 0.2) is 52.9 Å². The van der Waals surface area contributed by atoms with Crippen LogP contribution in [0.25, 0.3) is 22.6 Å². The van der Waals surface area contributed by atoms with E-state index in [2.05, 4.69) is 15.6 Å². The minimum Gasteiger partial charge on any atom is -0.436 e. The Morgan fingerprint density at radius 2 is 1.86 bits per heavy atom. The number of nitrogens with one attached hydrogen (secondary N) is 2. The number of benzene rings is 2. The first-order chi connectivity index (χ1) is 10.6. The first-order valence-electron chi connectivity index (χ1n) is 6.66. The summed E-state index contributed by atoms with van der Waals surface area (Å²) in [4.78, 5) is 15.4. The Morgan fingerprint density at radius 3 is 2.55 bits per heavy atom. The van der Waals surface area contributed by atoms with E-state index in [9.17, 15) is 4.79 Å². The summed E-state index contributed by atoms with van der Waals surface area (Å²) >= 11 is 5.01. The molecular weight excluding hydrogens is 298 g/mol. The van der Waals surface area contributed by atoms with Crippen LogP contribution < -0.4 is 10.6 Å². The van der Waals surface area contributed by atoms with Crippen LogP contribution in [0.5, 0.6) is 0 Å². The molecule has 0 atom stereocenters. The predicted octanol–water partition coefficient (Wildman–Crippen LogP) is 3.33. The highest BCUT2D eigenvalue weighted by atomic mass is 32.1. The minimum atomic E-state index is -0.208. The second-order valence-electron chi connectivity index (χ2n) is 4.70. The number of anilines is 1. The Bertz CT molecular complexity index is 807. The number of hydrogen-bond donors (Lipinski definition) is 2. The van der Waals surface area contributed by atoms with Gasteiger partial charge in [0.15, 0.2) is 10.7 Å². The van der Waals surface area contributed by atoms with Crippen molar-refractivity contribution < 1.29 is 9.21 Å². The summed E-state index contributed by atoms with van der Waals surface area (Å²) in [6, 6.07) is 15.1. The second kappa shape index (κ2) is 5.95. The van der Waals surface area contributed by atoms with Crippen LogP contribution in [0.3, 0.4) is 0 Å². The van der Waals surface area contributed by atoms with E-state index >= 15 is 0 Å². The molecule has 3 rings (SSSR count). The highest BCUT2D eigenvalue weighted by Crippen LogP contribution is 2.25. The van der Waals surface area contributed by atoms with Crippen molar-refractivity contribution in [2.75, 3.05) is 5.32 Å². The number of thiocarbonyl (C=S) groups is 1. The second-order valence-corrected chi connectivity index (χ2v) is 5.11.